The van der Waals surface area contributed by atoms with Crippen LogP contribution in [0.1, 0.15) is 110 Å². The molecule has 15 nitrogen and oxygen atoms in total. The van der Waals surface area contributed by atoms with Crippen LogP contribution < -0.4 is 26.0 Å². The lowest BCUT2D eigenvalue weighted by atomic mass is 9.69. The Bertz CT molecular complexity index is 2330. The van der Waals surface area contributed by atoms with E-state index in [9.17, 15) is 24.5 Å². The van der Waals surface area contributed by atoms with E-state index in [0.29, 0.717) is 61.4 Å². The second-order valence-corrected chi connectivity index (χ2v) is 19.2. The fraction of sp³-hybridized carbons (Fsp3) is 0.490. The number of halogens is 1. The Labute approximate surface area is 389 Å². The van der Waals surface area contributed by atoms with E-state index in [2.05, 4.69) is 61.0 Å². The minimum Gasteiger partial charge on any atom is -0.489 e. The average molecular weight is 954 g/mol. The van der Waals surface area contributed by atoms with Gasteiger partial charge in [0.25, 0.3) is 11.6 Å². The standard InChI is InChI=1S/C49H61BrN8O7/c1-31-23-43(42(25-40(31)50)55-48(61)56-44-27-51-32(2)26-52-44)65-29-36-28-57(21-22-64-36)45(59)14-9-7-5-6-8-11-33-15-17-34(18-16-33)47(60)53-30-49(3,4)46-38-13-10-12-37(38)39-24-35(58(62)63)19-20-41(39)54-46/h15-20,23-27,36-38,46,54H,5-14,21-22,28-30H2,1-4H3,(H,53,60)(H2,52,55,56,61)/t36-,37?,38?,46?/m0/s1. The van der Waals surface area contributed by atoms with Gasteiger partial charge in [-0.2, -0.15) is 0 Å². The van der Waals surface area contributed by atoms with Crippen molar-refractivity contribution in [1.29, 1.82) is 0 Å². The van der Waals surface area contributed by atoms with Gasteiger partial charge >= 0.3 is 6.03 Å². The van der Waals surface area contributed by atoms with E-state index in [1.165, 1.54) is 11.8 Å². The Morgan fingerprint density at radius 3 is 2.54 bits per heavy atom. The van der Waals surface area contributed by atoms with Gasteiger partial charge in [-0.1, -0.05) is 67.6 Å². The zero-order valence-electron chi connectivity index (χ0n) is 37.8. The number of unbranched alkanes of at least 4 members (excludes halogenated alkanes) is 4. The van der Waals surface area contributed by atoms with Crippen molar-refractivity contribution < 1.29 is 28.8 Å². The van der Waals surface area contributed by atoms with E-state index < -0.39 is 6.03 Å². The Kier molecular flexibility index (Phi) is 15.7. The normalized spacial score (nSPS) is 19.1. The van der Waals surface area contributed by atoms with Crippen molar-refractivity contribution >= 4 is 56.7 Å². The van der Waals surface area contributed by atoms with Crippen molar-refractivity contribution in [3.05, 3.63) is 110 Å². The Morgan fingerprint density at radius 2 is 1.77 bits per heavy atom. The largest absolute Gasteiger partial charge is 0.489 e. The molecule has 4 amide bonds. The molecule has 4 N–H and O–H groups in total. The molecule has 1 saturated carbocycles. The van der Waals surface area contributed by atoms with Crippen molar-refractivity contribution in [2.45, 2.75) is 110 Å². The van der Waals surface area contributed by atoms with Crippen LogP contribution >= 0.6 is 15.9 Å². The maximum Gasteiger partial charge on any atom is 0.325 e. The Hall–Kier alpha value is -5.61. The van der Waals surface area contributed by atoms with Crippen LogP contribution in [0.5, 0.6) is 5.75 Å². The molecule has 3 aromatic carbocycles. The molecule has 3 unspecified atom stereocenters. The van der Waals surface area contributed by atoms with Crippen molar-refractivity contribution in [1.82, 2.24) is 20.2 Å². The number of morpholine rings is 1. The molecular formula is C49H61BrN8O7. The molecule has 7 rings (SSSR count). The molecule has 1 aromatic heterocycles. The van der Waals surface area contributed by atoms with E-state index >= 15 is 0 Å². The van der Waals surface area contributed by atoms with Crippen molar-refractivity contribution in [2.75, 3.05) is 48.8 Å². The van der Waals surface area contributed by atoms with Gasteiger partial charge in [0.15, 0.2) is 5.82 Å². The monoisotopic (exact) mass is 952 g/mol. The van der Waals surface area contributed by atoms with Crippen LogP contribution in [0, 0.1) is 35.3 Å². The first-order valence-electron chi connectivity index (χ1n) is 22.8. The summed E-state index contributed by atoms with van der Waals surface area (Å²) >= 11 is 3.54. The third-order valence-corrected chi connectivity index (χ3v) is 13.9. The Balaban J connectivity index is 0.780. The summed E-state index contributed by atoms with van der Waals surface area (Å²) in [6.07, 6.45) is 12.3. The number of fused-ring (bicyclic) bond motifs is 3. The highest BCUT2D eigenvalue weighted by atomic mass is 79.9. The van der Waals surface area contributed by atoms with Crippen LogP contribution in [0.2, 0.25) is 0 Å². The highest BCUT2D eigenvalue weighted by molar-refractivity contribution is 9.10. The van der Waals surface area contributed by atoms with E-state index in [4.69, 9.17) is 9.47 Å². The fourth-order valence-electron chi connectivity index (χ4n) is 9.39. The quantitative estimate of drug-likeness (QED) is 0.0425. The first-order chi connectivity index (χ1) is 31.2. The lowest BCUT2D eigenvalue weighted by Crippen LogP contribution is -2.51. The number of rotatable bonds is 18. The number of anilines is 3. The number of nitrogens with zero attached hydrogens (tertiary/aromatic N) is 4. The van der Waals surface area contributed by atoms with Gasteiger partial charge in [-0.15, -0.1) is 0 Å². The minimum atomic E-state index is -0.484. The molecule has 0 radical (unpaired) electrons. The molecule has 4 atom stereocenters. The minimum absolute atomic E-state index is 0.0917. The second-order valence-electron chi connectivity index (χ2n) is 18.4. The van der Waals surface area contributed by atoms with Crippen LogP contribution in [-0.4, -0.2) is 82.6 Å². The molecule has 0 spiro atoms. The van der Waals surface area contributed by atoms with E-state index in [-0.39, 0.29) is 52.5 Å². The van der Waals surface area contributed by atoms with Gasteiger partial charge in [-0.25, -0.2) is 9.78 Å². The summed E-state index contributed by atoms with van der Waals surface area (Å²) in [5, 5.41) is 23.9. The van der Waals surface area contributed by atoms with Crippen LogP contribution in [0.4, 0.5) is 27.7 Å². The van der Waals surface area contributed by atoms with Crippen LogP contribution in [0.3, 0.4) is 0 Å². The number of nitro groups is 1. The lowest BCUT2D eigenvalue weighted by Gasteiger charge is -2.45. The van der Waals surface area contributed by atoms with Gasteiger partial charge in [0.2, 0.25) is 5.91 Å². The number of urea groups is 1. The molecule has 1 saturated heterocycles. The predicted molar refractivity (Wildman–Crippen MR) is 255 cm³/mol. The second kappa shape index (κ2) is 21.6. The number of ether oxygens (including phenoxy) is 2. The number of nitro benzene ring substituents is 1. The highest BCUT2D eigenvalue weighted by Crippen LogP contribution is 2.52. The third-order valence-electron chi connectivity index (χ3n) is 13.0. The number of benzene rings is 3. The molecule has 2 aliphatic heterocycles. The number of hydrogen-bond donors (Lipinski definition) is 4. The molecule has 2 fully saturated rings. The summed E-state index contributed by atoms with van der Waals surface area (Å²) in [5.74, 6) is 1.48. The fourth-order valence-corrected chi connectivity index (χ4v) is 9.73. The first kappa shape index (κ1) is 47.4. The summed E-state index contributed by atoms with van der Waals surface area (Å²) in [6.45, 7) is 10.3. The summed E-state index contributed by atoms with van der Waals surface area (Å²) in [4.78, 5) is 60.5. The average Bonchev–Trinajstić information content (AvgIpc) is 3.80. The first-order valence-corrected chi connectivity index (χ1v) is 23.6. The van der Waals surface area contributed by atoms with E-state index in [1.54, 1.807) is 24.4 Å². The molecular weight excluding hydrogens is 892 g/mol. The van der Waals surface area contributed by atoms with Gasteiger partial charge in [0, 0.05) is 58.8 Å². The highest BCUT2D eigenvalue weighted by Gasteiger charge is 2.46. The maximum atomic E-state index is 13.3. The zero-order valence-corrected chi connectivity index (χ0v) is 39.4. The number of amides is 4. The van der Waals surface area contributed by atoms with Gasteiger partial charge in [-0.05, 0) is 105 Å². The molecule has 4 aromatic rings. The smallest absolute Gasteiger partial charge is 0.325 e. The summed E-state index contributed by atoms with van der Waals surface area (Å²) < 4.78 is 12.9. The lowest BCUT2D eigenvalue weighted by molar-refractivity contribution is -0.384. The summed E-state index contributed by atoms with van der Waals surface area (Å²) in [5.41, 5.74) is 5.89. The van der Waals surface area contributed by atoms with Gasteiger partial charge in [0.1, 0.15) is 18.5 Å². The summed E-state index contributed by atoms with van der Waals surface area (Å²) in [7, 11) is 0. The molecule has 0 bridgehead atoms. The number of nitrogens with one attached hydrogen (secondary N) is 4. The molecule has 1 aliphatic carbocycles. The van der Waals surface area contributed by atoms with E-state index in [1.807, 2.05) is 55.1 Å². The molecule has 3 aliphatic rings. The maximum absolute atomic E-state index is 13.3. The van der Waals surface area contributed by atoms with Crippen LogP contribution in [0.25, 0.3) is 0 Å². The van der Waals surface area contributed by atoms with Crippen molar-refractivity contribution in [3.8, 4) is 5.75 Å². The zero-order chi connectivity index (χ0) is 46.1. The predicted octanol–water partition coefficient (Wildman–Crippen LogP) is 9.73. The number of hydrogen-bond acceptors (Lipinski definition) is 10. The van der Waals surface area contributed by atoms with Gasteiger partial charge < -0.3 is 30.3 Å². The van der Waals surface area contributed by atoms with Gasteiger partial charge in [0.05, 0.1) is 41.8 Å². The number of non-ortho nitro benzene ring substituents is 1. The Morgan fingerprint density at radius 1 is 0.985 bits per heavy atom. The molecule has 3 heterocycles. The van der Waals surface area contributed by atoms with Crippen molar-refractivity contribution in [3.63, 3.8) is 0 Å². The van der Waals surface area contributed by atoms with Crippen molar-refractivity contribution in [2.24, 2.45) is 11.3 Å². The van der Waals surface area contributed by atoms with Crippen LogP contribution in [0.15, 0.2) is 71.5 Å². The molecule has 346 valence electrons. The molecule has 65 heavy (non-hydrogen) atoms. The summed E-state index contributed by atoms with van der Waals surface area (Å²) in [6, 6.07) is 16.3. The topological polar surface area (TPSA) is 190 Å². The number of carbonyl (C=O) groups is 3. The van der Waals surface area contributed by atoms with E-state index in [0.717, 1.165) is 84.8 Å². The number of aryl methyl sites for hydroxylation is 3. The number of carbonyl (C=O) groups excluding carboxylic acids is 3. The third kappa shape index (κ3) is 12.4. The SMILES string of the molecule is Cc1cnc(NC(=O)Nc2cc(Br)c(C)cc2OC[C@@H]2CN(C(=O)CCCCCCCc3ccc(C(=O)NCC(C)(C)C4Nc5ccc([N+](=O)[O-])cc5C5CCCC54)cc3)CCO2)cn1. The number of aromatic nitrogens is 2. The molecule has 16 heteroatoms. The van der Waals surface area contributed by atoms with Gasteiger partial charge in [-0.3, -0.25) is 30.0 Å². The van der Waals surface area contributed by atoms with Crippen LogP contribution in [-0.2, 0) is 16.0 Å².